The summed E-state index contributed by atoms with van der Waals surface area (Å²) in [7, 11) is 0. The Bertz CT molecular complexity index is 760. The van der Waals surface area contributed by atoms with Gasteiger partial charge in [0.1, 0.15) is 17.8 Å². The molecule has 1 aromatic rings. The molecule has 2 amide bonds. The second kappa shape index (κ2) is 9.35. The summed E-state index contributed by atoms with van der Waals surface area (Å²) < 4.78 is 17.0. The molecule has 1 saturated heterocycles. The Hall–Kier alpha value is -2.12. The van der Waals surface area contributed by atoms with E-state index >= 15 is 0 Å². The van der Waals surface area contributed by atoms with E-state index < -0.39 is 17.8 Å². The summed E-state index contributed by atoms with van der Waals surface area (Å²) in [5.41, 5.74) is 1.88. The molecule has 1 aromatic carbocycles. The van der Waals surface area contributed by atoms with E-state index in [2.05, 4.69) is 24.4 Å². The number of nitrogens with zero attached hydrogens (tertiary/aromatic N) is 1. The number of amides is 2. The first-order valence-electron chi connectivity index (χ1n) is 10.8. The van der Waals surface area contributed by atoms with Crippen molar-refractivity contribution >= 4 is 12.0 Å². The predicted molar refractivity (Wildman–Crippen MR) is 113 cm³/mol. The molecular weight excluding hydrogens is 384 g/mol. The van der Waals surface area contributed by atoms with Gasteiger partial charge in [-0.3, -0.25) is 4.79 Å². The highest BCUT2D eigenvalue weighted by atomic mass is 16.6. The molecule has 0 aliphatic carbocycles. The highest BCUT2D eigenvalue weighted by Crippen LogP contribution is 2.31. The summed E-state index contributed by atoms with van der Waals surface area (Å²) in [5.74, 6) is -0.0389. The summed E-state index contributed by atoms with van der Waals surface area (Å²) in [6, 6.07) is 7.89. The Labute approximate surface area is 179 Å². The van der Waals surface area contributed by atoms with Crippen LogP contribution in [0.3, 0.4) is 0 Å². The van der Waals surface area contributed by atoms with Gasteiger partial charge in [-0.1, -0.05) is 24.3 Å². The van der Waals surface area contributed by atoms with E-state index in [1.54, 1.807) is 0 Å². The summed E-state index contributed by atoms with van der Waals surface area (Å²) in [6.45, 7) is 10.8. The molecule has 1 N–H and O–H groups in total. The fraction of sp³-hybridized carbons (Fsp3) is 0.652. The van der Waals surface area contributed by atoms with Crippen LogP contribution in [0.5, 0.6) is 0 Å². The lowest BCUT2D eigenvalue weighted by Crippen LogP contribution is -2.56. The molecule has 0 bridgehead atoms. The molecule has 2 aliphatic heterocycles. The van der Waals surface area contributed by atoms with E-state index in [0.717, 1.165) is 6.42 Å². The fourth-order valence-electron chi connectivity index (χ4n) is 4.20. The van der Waals surface area contributed by atoms with Crippen LogP contribution in [0.15, 0.2) is 24.3 Å². The van der Waals surface area contributed by atoms with Crippen LogP contribution < -0.4 is 5.32 Å². The molecule has 166 valence electrons. The first-order valence-corrected chi connectivity index (χ1v) is 10.8. The maximum absolute atomic E-state index is 13.3. The van der Waals surface area contributed by atoms with E-state index in [4.69, 9.17) is 14.2 Å². The first-order chi connectivity index (χ1) is 14.2. The van der Waals surface area contributed by atoms with Crippen LogP contribution in [-0.2, 0) is 25.4 Å². The summed E-state index contributed by atoms with van der Waals surface area (Å²) in [6.07, 6.45) is -0.251. The number of carbonyl (C=O) groups is 2. The molecule has 3 rings (SSSR count). The smallest absolute Gasteiger partial charge is 0.407 e. The van der Waals surface area contributed by atoms with Crippen LogP contribution in [-0.4, -0.2) is 60.5 Å². The van der Waals surface area contributed by atoms with Crippen LogP contribution in [0.2, 0.25) is 0 Å². The number of nitrogens with one attached hydrogen (secondary N) is 1. The molecule has 0 spiro atoms. The molecule has 30 heavy (non-hydrogen) atoms. The Kier molecular flexibility index (Phi) is 7.03. The lowest BCUT2D eigenvalue weighted by molar-refractivity contribution is -0.159. The normalized spacial score (nSPS) is 26.6. The molecule has 0 saturated carbocycles. The second-order valence-corrected chi connectivity index (χ2v) is 8.96. The van der Waals surface area contributed by atoms with Gasteiger partial charge in [0.15, 0.2) is 0 Å². The zero-order chi connectivity index (χ0) is 21.9. The third kappa shape index (κ3) is 5.32. The quantitative estimate of drug-likeness (QED) is 0.812. The van der Waals surface area contributed by atoms with E-state index in [1.165, 1.54) is 11.1 Å². The molecule has 0 aromatic heterocycles. The van der Waals surface area contributed by atoms with Gasteiger partial charge in [0, 0.05) is 19.6 Å². The van der Waals surface area contributed by atoms with E-state index in [9.17, 15) is 9.59 Å². The van der Waals surface area contributed by atoms with Gasteiger partial charge in [-0.05, 0) is 52.2 Å². The molecule has 7 nitrogen and oxygen atoms in total. The summed E-state index contributed by atoms with van der Waals surface area (Å²) >= 11 is 0. The van der Waals surface area contributed by atoms with Gasteiger partial charge >= 0.3 is 6.09 Å². The Morgan fingerprint density at radius 2 is 2.00 bits per heavy atom. The number of benzene rings is 1. The number of ether oxygens (including phenoxy) is 3. The van der Waals surface area contributed by atoms with Crippen LogP contribution in [0.25, 0.3) is 0 Å². The third-order valence-corrected chi connectivity index (χ3v) is 5.61. The topological polar surface area (TPSA) is 77.1 Å². The van der Waals surface area contributed by atoms with Gasteiger partial charge in [-0.2, -0.15) is 0 Å². The minimum absolute atomic E-state index is 0.00655. The summed E-state index contributed by atoms with van der Waals surface area (Å²) in [5, 5.41) is 2.89. The molecule has 0 unspecified atom stereocenters. The second-order valence-electron chi connectivity index (χ2n) is 8.96. The number of carbonyl (C=O) groups excluding carboxylic acids is 2. The number of hydrogen-bond donors (Lipinski definition) is 1. The monoisotopic (exact) mass is 418 g/mol. The Morgan fingerprint density at radius 1 is 1.27 bits per heavy atom. The van der Waals surface area contributed by atoms with Crippen molar-refractivity contribution in [3.8, 4) is 0 Å². The van der Waals surface area contributed by atoms with Crippen molar-refractivity contribution in [2.75, 3.05) is 19.8 Å². The molecule has 0 radical (unpaired) electrons. The maximum atomic E-state index is 13.3. The first kappa shape index (κ1) is 22.6. The minimum Gasteiger partial charge on any atom is -0.444 e. The highest BCUT2D eigenvalue weighted by Gasteiger charge is 2.40. The van der Waals surface area contributed by atoms with Gasteiger partial charge < -0.3 is 24.4 Å². The number of hydrogen-bond acceptors (Lipinski definition) is 5. The van der Waals surface area contributed by atoms with Crippen molar-refractivity contribution in [2.24, 2.45) is 0 Å². The third-order valence-electron chi connectivity index (χ3n) is 5.61. The van der Waals surface area contributed by atoms with Gasteiger partial charge in [0.05, 0.1) is 18.7 Å². The number of rotatable bonds is 4. The van der Waals surface area contributed by atoms with Crippen molar-refractivity contribution in [2.45, 2.75) is 77.4 Å². The zero-order valence-corrected chi connectivity index (χ0v) is 18.6. The standard InChI is InChI=1S/C23H34N2O5/c1-6-28-20-14-29-19(13-18(20)24-22(27)30-23(3,4)5)21(26)25-12-11-16-9-7-8-10-17(16)15(25)2/h7-10,15,18-20H,6,11-14H2,1-5H3,(H,24,27)/t15-,18-,19+,20+/m0/s1. The molecule has 1 fully saturated rings. The van der Waals surface area contributed by atoms with E-state index in [1.807, 2.05) is 44.7 Å². The van der Waals surface area contributed by atoms with Crippen LogP contribution in [0.1, 0.15) is 58.2 Å². The average Bonchev–Trinajstić information content (AvgIpc) is 2.68. The van der Waals surface area contributed by atoms with Gasteiger partial charge in [0.2, 0.25) is 0 Å². The van der Waals surface area contributed by atoms with Gasteiger partial charge in [0.25, 0.3) is 5.91 Å². The van der Waals surface area contributed by atoms with E-state index in [-0.39, 0.29) is 30.7 Å². The molecule has 2 heterocycles. The largest absolute Gasteiger partial charge is 0.444 e. The predicted octanol–water partition coefficient (Wildman–Crippen LogP) is 3.22. The van der Waals surface area contributed by atoms with Crippen molar-refractivity contribution in [1.82, 2.24) is 10.2 Å². The average molecular weight is 419 g/mol. The minimum atomic E-state index is -0.616. The van der Waals surface area contributed by atoms with Gasteiger partial charge in [-0.25, -0.2) is 4.79 Å². The Balaban J connectivity index is 1.69. The van der Waals surface area contributed by atoms with Crippen molar-refractivity contribution in [3.63, 3.8) is 0 Å². The molecule has 7 heteroatoms. The lowest BCUT2D eigenvalue weighted by atomic mass is 9.92. The summed E-state index contributed by atoms with van der Waals surface area (Å²) in [4.78, 5) is 27.5. The molecule has 2 aliphatic rings. The Morgan fingerprint density at radius 3 is 2.70 bits per heavy atom. The highest BCUT2D eigenvalue weighted by molar-refractivity contribution is 5.82. The maximum Gasteiger partial charge on any atom is 0.407 e. The van der Waals surface area contributed by atoms with Crippen molar-refractivity contribution < 1.29 is 23.8 Å². The van der Waals surface area contributed by atoms with Crippen molar-refractivity contribution in [3.05, 3.63) is 35.4 Å². The number of alkyl carbamates (subject to hydrolysis) is 1. The fourth-order valence-corrected chi connectivity index (χ4v) is 4.20. The SMILES string of the molecule is CCO[C@@H]1CO[C@@H](C(=O)N2CCc3ccccc3[C@@H]2C)C[C@@H]1NC(=O)OC(C)(C)C. The van der Waals surface area contributed by atoms with Crippen molar-refractivity contribution in [1.29, 1.82) is 0 Å². The molecule has 4 atom stereocenters. The van der Waals surface area contributed by atoms with Crippen LogP contribution >= 0.6 is 0 Å². The number of fused-ring (bicyclic) bond motifs is 1. The zero-order valence-electron chi connectivity index (χ0n) is 18.6. The lowest BCUT2D eigenvalue weighted by Gasteiger charge is -2.41. The molecular formula is C23H34N2O5. The van der Waals surface area contributed by atoms with Crippen LogP contribution in [0.4, 0.5) is 4.79 Å². The van der Waals surface area contributed by atoms with Gasteiger partial charge in [-0.15, -0.1) is 0 Å². The van der Waals surface area contributed by atoms with E-state index in [0.29, 0.717) is 19.6 Å². The van der Waals surface area contributed by atoms with Crippen LogP contribution in [0, 0.1) is 0 Å².